The molecule has 0 saturated heterocycles. The van der Waals surface area contributed by atoms with Crippen LogP contribution in [-0.2, 0) is 0 Å². The Morgan fingerprint density at radius 1 is 1.00 bits per heavy atom. The number of carbonyl (C=O) groups excluding carboxylic acids is 2. The lowest BCUT2D eigenvalue weighted by molar-refractivity contribution is 0.0831. The highest BCUT2D eigenvalue weighted by Gasteiger charge is 2.21. The van der Waals surface area contributed by atoms with Gasteiger partial charge in [-0.2, -0.15) is 0 Å². The minimum absolute atomic E-state index is 0.155. The third kappa shape index (κ3) is 4.04. The fraction of sp³-hybridized carbons (Fsp3) is 0.222. The van der Waals surface area contributed by atoms with Crippen molar-refractivity contribution in [2.75, 3.05) is 19.4 Å². The highest BCUT2D eigenvalue weighted by Crippen LogP contribution is 2.30. The Morgan fingerprint density at radius 3 is 2.26 bits per heavy atom. The van der Waals surface area contributed by atoms with Gasteiger partial charge in [0.2, 0.25) is 0 Å². The first-order valence-corrected chi connectivity index (χ1v) is 9.63. The number of hydrogen-bond acceptors (Lipinski definition) is 6. The number of thiazole rings is 2. The lowest BCUT2D eigenvalue weighted by atomic mass is 10.2. The van der Waals surface area contributed by atoms with Gasteiger partial charge >= 0.3 is 0 Å². The monoisotopic (exact) mass is 404 g/mol. The predicted octanol–water partition coefficient (Wildman–Crippen LogP) is 3.98. The summed E-state index contributed by atoms with van der Waals surface area (Å²) in [5.41, 5.74) is 1.89. The lowest BCUT2D eigenvalue weighted by Crippen LogP contribution is -2.21. The molecule has 0 unspecified atom stereocenters. The van der Waals surface area contributed by atoms with E-state index < -0.39 is 0 Å². The molecule has 0 saturated carbocycles. The molecule has 0 spiro atoms. The molecule has 3 aromatic rings. The highest BCUT2D eigenvalue weighted by atomic mass is 32.1. The van der Waals surface area contributed by atoms with E-state index in [0.29, 0.717) is 31.3 Å². The second-order valence-corrected chi connectivity index (χ2v) is 8.03. The summed E-state index contributed by atoms with van der Waals surface area (Å²) in [7, 11) is 3.33. The summed E-state index contributed by atoms with van der Waals surface area (Å²) >= 11 is 2.36. The van der Waals surface area contributed by atoms with Crippen LogP contribution in [0.3, 0.4) is 0 Å². The maximum Gasteiger partial charge on any atom is 0.269 e. The van der Waals surface area contributed by atoms with Crippen LogP contribution in [0.4, 0.5) is 9.52 Å². The Hall–Kier alpha value is -2.65. The number of halogens is 1. The fourth-order valence-electron chi connectivity index (χ4n) is 2.33. The largest absolute Gasteiger partial charge is 0.344 e. The van der Waals surface area contributed by atoms with Crippen molar-refractivity contribution < 1.29 is 14.0 Å². The van der Waals surface area contributed by atoms with Gasteiger partial charge in [-0.3, -0.25) is 14.9 Å². The summed E-state index contributed by atoms with van der Waals surface area (Å²) < 4.78 is 13.1. The van der Waals surface area contributed by atoms with E-state index in [1.165, 1.54) is 28.4 Å². The molecule has 2 amide bonds. The van der Waals surface area contributed by atoms with Gasteiger partial charge in [0, 0.05) is 19.7 Å². The van der Waals surface area contributed by atoms with Gasteiger partial charge in [0.15, 0.2) is 5.13 Å². The molecule has 0 radical (unpaired) electrons. The van der Waals surface area contributed by atoms with Crippen LogP contribution in [0, 0.1) is 19.7 Å². The van der Waals surface area contributed by atoms with E-state index in [9.17, 15) is 14.0 Å². The quantitative estimate of drug-likeness (QED) is 0.714. The molecule has 0 atom stereocenters. The number of carbonyl (C=O) groups is 2. The minimum Gasteiger partial charge on any atom is -0.344 e. The van der Waals surface area contributed by atoms with Crippen molar-refractivity contribution in [3.63, 3.8) is 0 Å². The van der Waals surface area contributed by atoms with Crippen LogP contribution in [0.5, 0.6) is 0 Å². The second kappa shape index (κ2) is 7.53. The van der Waals surface area contributed by atoms with Crippen LogP contribution >= 0.6 is 22.7 Å². The summed E-state index contributed by atoms with van der Waals surface area (Å²) in [6.07, 6.45) is 0. The van der Waals surface area contributed by atoms with Crippen molar-refractivity contribution >= 4 is 39.6 Å². The van der Waals surface area contributed by atoms with E-state index in [4.69, 9.17) is 0 Å². The maximum atomic E-state index is 13.1. The number of nitrogens with zero attached hydrogens (tertiary/aromatic N) is 3. The van der Waals surface area contributed by atoms with Crippen LogP contribution in [0.1, 0.15) is 30.7 Å². The molecule has 2 heterocycles. The third-order valence-electron chi connectivity index (χ3n) is 3.71. The zero-order valence-electron chi connectivity index (χ0n) is 15.2. The lowest BCUT2D eigenvalue weighted by Gasteiger charge is -2.07. The molecule has 9 heteroatoms. The summed E-state index contributed by atoms with van der Waals surface area (Å²) in [4.78, 5) is 35.8. The number of rotatable bonds is 4. The number of amides is 2. The van der Waals surface area contributed by atoms with Crippen LogP contribution < -0.4 is 5.32 Å². The molecule has 0 fully saturated rings. The number of aryl methyl sites for hydroxylation is 2. The average molecular weight is 404 g/mol. The van der Waals surface area contributed by atoms with Gasteiger partial charge in [0.1, 0.15) is 20.6 Å². The summed E-state index contributed by atoms with van der Waals surface area (Å²) in [6, 6.07) is 5.96. The van der Waals surface area contributed by atoms with Crippen molar-refractivity contribution in [3.05, 3.63) is 51.2 Å². The van der Waals surface area contributed by atoms with E-state index >= 15 is 0 Å². The Morgan fingerprint density at radius 2 is 1.63 bits per heavy atom. The van der Waals surface area contributed by atoms with E-state index in [1.807, 2.05) is 0 Å². The molecule has 0 aliphatic rings. The first-order chi connectivity index (χ1) is 12.8. The fourth-order valence-corrected chi connectivity index (χ4v) is 4.28. The van der Waals surface area contributed by atoms with E-state index in [-0.39, 0.29) is 17.6 Å². The smallest absolute Gasteiger partial charge is 0.269 e. The predicted molar refractivity (Wildman–Crippen MR) is 105 cm³/mol. The molecule has 1 N–H and O–H groups in total. The topological polar surface area (TPSA) is 75.2 Å². The van der Waals surface area contributed by atoms with Crippen LogP contribution in [0.25, 0.3) is 10.6 Å². The molecule has 3 rings (SSSR count). The number of hydrogen-bond donors (Lipinski definition) is 1. The summed E-state index contributed by atoms with van der Waals surface area (Å²) in [5, 5.41) is 3.73. The summed E-state index contributed by atoms with van der Waals surface area (Å²) in [5.74, 6) is -0.818. The van der Waals surface area contributed by atoms with Gasteiger partial charge in [-0.1, -0.05) is 11.3 Å². The molecule has 2 aromatic heterocycles. The van der Waals surface area contributed by atoms with Crippen molar-refractivity contribution in [1.82, 2.24) is 14.9 Å². The van der Waals surface area contributed by atoms with Gasteiger partial charge in [0.25, 0.3) is 11.8 Å². The van der Waals surface area contributed by atoms with Gasteiger partial charge < -0.3 is 4.90 Å². The Bertz CT molecular complexity index is 1010. The average Bonchev–Trinajstić information content (AvgIpc) is 3.17. The molecule has 0 aliphatic carbocycles. The van der Waals surface area contributed by atoms with Crippen LogP contribution in [0.2, 0.25) is 0 Å². The van der Waals surface area contributed by atoms with Crippen molar-refractivity contribution in [2.24, 2.45) is 0 Å². The maximum absolute atomic E-state index is 13.1. The Labute approximate surface area is 163 Å². The number of nitrogens with one attached hydrogen (secondary N) is 1. The third-order valence-corrected chi connectivity index (χ3v) is 5.98. The molecular formula is C18H17FN4O2S2. The number of aromatic nitrogens is 2. The van der Waals surface area contributed by atoms with Gasteiger partial charge in [-0.25, -0.2) is 14.4 Å². The van der Waals surface area contributed by atoms with Crippen molar-refractivity contribution in [3.8, 4) is 10.6 Å². The van der Waals surface area contributed by atoms with Crippen LogP contribution in [0.15, 0.2) is 24.3 Å². The van der Waals surface area contributed by atoms with Gasteiger partial charge in [-0.15, -0.1) is 11.3 Å². The molecule has 0 bridgehead atoms. The number of anilines is 1. The zero-order valence-corrected chi connectivity index (χ0v) is 16.8. The molecule has 6 nitrogen and oxygen atoms in total. The highest BCUT2D eigenvalue weighted by molar-refractivity contribution is 7.18. The summed E-state index contributed by atoms with van der Waals surface area (Å²) in [6.45, 7) is 3.47. The Balaban J connectivity index is 1.82. The van der Waals surface area contributed by atoms with Crippen LogP contribution in [-0.4, -0.2) is 40.8 Å². The second-order valence-electron chi connectivity index (χ2n) is 6.03. The molecule has 27 heavy (non-hydrogen) atoms. The zero-order chi connectivity index (χ0) is 19.7. The first kappa shape index (κ1) is 19.1. The molecule has 0 aliphatic heterocycles. The van der Waals surface area contributed by atoms with E-state index in [0.717, 1.165) is 16.9 Å². The first-order valence-electron chi connectivity index (χ1n) is 8.00. The van der Waals surface area contributed by atoms with Gasteiger partial charge in [-0.05, 0) is 38.1 Å². The van der Waals surface area contributed by atoms with E-state index in [2.05, 4.69) is 15.3 Å². The SMILES string of the molecule is Cc1nc(-c2ccc(F)cc2)sc1C(=O)Nc1nc(C)c(C(=O)N(C)C)s1. The Kier molecular flexibility index (Phi) is 5.33. The van der Waals surface area contributed by atoms with E-state index in [1.54, 1.807) is 40.1 Å². The normalized spacial score (nSPS) is 10.7. The van der Waals surface area contributed by atoms with Crippen molar-refractivity contribution in [1.29, 1.82) is 0 Å². The molecule has 1 aromatic carbocycles. The number of benzene rings is 1. The van der Waals surface area contributed by atoms with Crippen molar-refractivity contribution in [2.45, 2.75) is 13.8 Å². The van der Waals surface area contributed by atoms with Gasteiger partial charge in [0.05, 0.1) is 11.4 Å². The molecule has 140 valence electrons. The molecular weight excluding hydrogens is 387 g/mol. The standard InChI is InChI=1S/C18H17FN4O2S2/c1-9-13(26-16(20-9)11-5-7-12(19)8-6-11)15(24)22-18-21-10(2)14(27-18)17(25)23(3)4/h5-8H,1-4H3,(H,21,22,24). The minimum atomic E-state index is -0.337.